The van der Waals surface area contributed by atoms with E-state index in [9.17, 15) is 0 Å². The molecule has 0 bridgehead atoms. The molecule has 1 heterocycles. The molecule has 0 saturated carbocycles. The summed E-state index contributed by atoms with van der Waals surface area (Å²) in [6.07, 6.45) is 0.889. The van der Waals surface area contributed by atoms with Crippen LogP contribution < -0.4 is 5.32 Å². The van der Waals surface area contributed by atoms with Crippen LogP contribution >= 0.6 is 23.4 Å². The first-order valence-corrected chi connectivity index (χ1v) is 8.22. The first-order valence-electron chi connectivity index (χ1n) is 6.69. The minimum absolute atomic E-state index is 0.497. The van der Waals surface area contributed by atoms with Crippen LogP contribution in [0.1, 0.15) is 39.1 Å². The molecule has 0 saturated heterocycles. The third kappa shape index (κ3) is 4.18. The quantitative estimate of drug-likeness (QED) is 0.796. The molecule has 0 aliphatic carbocycles. The molecule has 1 aromatic heterocycles. The summed E-state index contributed by atoms with van der Waals surface area (Å²) in [7, 11) is 0. The fourth-order valence-corrected chi connectivity index (χ4v) is 2.85. The Morgan fingerprint density at radius 3 is 2.67 bits per heavy atom. The first kappa shape index (κ1) is 15.9. The Morgan fingerprint density at radius 1 is 1.39 bits per heavy atom. The normalized spacial score (nSPS) is 12.9. The molecule has 0 amide bonds. The summed E-state index contributed by atoms with van der Waals surface area (Å²) < 4.78 is 2.01. The molecular formula is C13H24ClN3S. The Hall–Kier alpha value is -0.190. The lowest BCUT2D eigenvalue weighted by molar-refractivity contribution is 0.543. The number of nitrogens with zero attached hydrogens (tertiary/aromatic N) is 2. The van der Waals surface area contributed by atoms with Gasteiger partial charge in [0.15, 0.2) is 0 Å². The molecule has 5 heteroatoms. The summed E-state index contributed by atoms with van der Waals surface area (Å²) in [6.45, 7) is 10.3. The predicted molar refractivity (Wildman–Crippen MR) is 81.6 cm³/mol. The number of hydrogen-bond acceptors (Lipinski definition) is 3. The smallest absolute Gasteiger partial charge is 0.0863 e. The van der Waals surface area contributed by atoms with Crippen LogP contribution in [0.3, 0.4) is 0 Å². The lowest BCUT2D eigenvalue weighted by Gasteiger charge is -2.13. The average Bonchev–Trinajstić information content (AvgIpc) is 2.69. The highest BCUT2D eigenvalue weighted by molar-refractivity contribution is 7.99. The van der Waals surface area contributed by atoms with Crippen molar-refractivity contribution in [1.29, 1.82) is 0 Å². The summed E-state index contributed by atoms with van der Waals surface area (Å²) in [5.74, 6) is 2.30. The van der Waals surface area contributed by atoms with Gasteiger partial charge < -0.3 is 5.32 Å². The van der Waals surface area contributed by atoms with Gasteiger partial charge in [-0.15, -0.1) is 0 Å². The Balaban J connectivity index is 2.63. The molecule has 0 aliphatic heterocycles. The van der Waals surface area contributed by atoms with Gasteiger partial charge in [-0.05, 0) is 26.0 Å². The van der Waals surface area contributed by atoms with Gasteiger partial charge in [-0.2, -0.15) is 16.9 Å². The Kier molecular flexibility index (Phi) is 7.12. The van der Waals surface area contributed by atoms with Crippen molar-refractivity contribution in [3.8, 4) is 0 Å². The van der Waals surface area contributed by atoms with Crippen LogP contribution in [0.15, 0.2) is 0 Å². The molecular weight excluding hydrogens is 266 g/mol. The molecule has 1 atom stereocenters. The SMILES string of the molecule is CCSCC(C)NCc1c(Cl)c(CC)nn1CC. The second kappa shape index (κ2) is 8.08. The Morgan fingerprint density at radius 2 is 2.11 bits per heavy atom. The van der Waals surface area contributed by atoms with Crippen molar-refractivity contribution >= 4 is 23.4 Å². The highest BCUT2D eigenvalue weighted by Crippen LogP contribution is 2.21. The van der Waals surface area contributed by atoms with Crippen molar-refractivity contribution in [2.75, 3.05) is 11.5 Å². The summed E-state index contributed by atoms with van der Waals surface area (Å²) in [5.41, 5.74) is 2.12. The molecule has 1 N–H and O–H groups in total. The molecule has 104 valence electrons. The van der Waals surface area contributed by atoms with Gasteiger partial charge in [0.2, 0.25) is 0 Å². The average molecular weight is 290 g/mol. The largest absolute Gasteiger partial charge is 0.308 e. The maximum absolute atomic E-state index is 6.37. The number of hydrogen-bond donors (Lipinski definition) is 1. The zero-order valence-corrected chi connectivity index (χ0v) is 13.4. The number of aromatic nitrogens is 2. The van der Waals surface area contributed by atoms with Crippen LogP contribution in [0.4, 0.5) is 0 Å². The van der Waals surface area contributed by atoms with E-state index in [0.717, 1.165) is 41.7 Å². The topological polar surface area (TPSA) is 29.9 Å². The molecule has 1 rings (SSSR count). The van der Waals surface area contributed by atoms with E-state index in [4.69, 9.17) is 11.6 Å². The highest BCUT2D eigenvalue weighted by Gasteiger charge is 2.14. The van der Waals surface area contributed by atoms with E-state index < -0.39 is 0 Å². The molecule has 0 aliphatic rings. The van der Waals surface area contributed by atoms with E-state index in [2.05, 4.69) is 38.1 Å². The second-order valence-electron chi connectivity index (χ2n) is 4.32. The summed E-state index contributed by atoms with van der Waals surface area (Å²) >= 11 is 8.32. The van der Waals surface area contributed by atoms with Gasteiger partial charge in [0.05, 0.1) is 16.4 Å². The van der Waals surface area contributed by atoms with Crippen LogP contribution in [0.2, 0.25) is 5.02 Å². The maximum atomic E-state index is 6.37. The van der Waals surface area contributed by atoms with Crippen molar-refractivity contribution in [3.63, 3.8) is 0 Å². The van der Waals surface area contributed by atoms with Crippen molar-refractivity contribution < 1.29 is 0 Å². The van der Waals surface area contributed by atoms with Gasteiger partial charge in [-0.1, -0.05) is 25.4 Å². The van der Waals surface area contributed by atoms with Crippen LogP contribution in [0.25, 0.3) is 0 Å². The molecule has 0 fully saturated rings. The zero-order chi connectivity index (χ0) is 13.5. The number of nitrogens with one attached hydrogen (secondary N) is 1. The molecule has 1 unspecified atom stereocenters. The van der Waals surface area contributed by atoms with Crippen LogP contribution in [-0.2, 0) is 19.5 Å². The van der Waals surface area contributed by atoms with Crippen molar-refractivity contribution in [2.24, 2.45) is 0 Å². The molecule has 0 spiro atoms. The summed E-state index contributed by atoms with van der Waals surface area (Å²) in [4.78, 5) is 0. The minimum atomic E-state index is 0.497. The first-order chi connectivity index (χ1) is 8.63. The van der Waals surface area contributed by atoms with E-state index in [0.29, 0.717) is 6.04 Å². The van der Waals surface area contributed by atoms with Gasteiger partial charge in [0, 0.05) is 24.9 Å². The fourth-order valence-electron chi connectivity index (χ4n) is 1.81. The predicted octanol–water partition coefficient (Wildman–Crippen LogP) is 3.35. The molecule has 3 nitrogen and oxygen atoms in total. The Bertz CT molecular complexity index is 365. The van der Waals surface area contributed by atoms with Crippen molar-refractivity contribution in [2.45, 2.75) is 53.2 Å². The van der Waals surface area contributed by atoms with Gasteiger partial charge in [-0.3, -0.25) is 4.68 Å². The molecule has 0 aromatic carbocycles. The Labute approximate surface area is 120 Å². The lowest BCUT2D eigenvalue weighted by atomic mass is 10.3. The van der Waals surface area contributed by atoms with Crippen LogP contribution in [0.5, 0.6) is 0 Å². The fraction of sp³-hybridized carbons (Fsp3) is 0.769. The zero-order valence-electron chi connectivity index (χ0n) is 11.8. The molecule has 18 heavy (non-hydrogen) atoms. The third-order valence-corrected chi connectivity index (χ3v) is 4.46. The van der Waals surface area contributed by atoms with Gasteiger partial charge >= 0.3 is 0 Å². The summed E-state index contributed by atoms with van der Waals surface area (Å²) in [6, 6.07) is 0.497. The van der Waals surface area contributed by atoms with E-state index in [-0.39, 0.29) is 0 Å². The molecule has 1 aromatic rings. The minimum Gasteiger partial charge on any atom is -0.308 e. The van der Waals surface area contributed by atoms with Crippen LogP contribution in [0, 0.1) is 0 Å². The van der Waals surface area contributed by atoms with Gasteiger partial charge in [0.1, 0.15) is 0 Å². The van der Waals surface area contributed by atoms with E-state index in [1.807, 2.05) is 16.4 Å². The second-order valence-corrected chi connectivity index (χ2v) is 6.01. The number of aryl methyl sites for hydroxylation is 2. The van der Waals surface area contributed by atoms with Crippen molar-refractivity contribution in [3.05, 3.63) is 16.4 Å². The van der Waals surface area contributed by atoms with E-state index in [1.54, 1.807) is 0 Å². The number of halogens is 1. The van der Waals surface area contributed by atoms with Crippen LogP contribution in [-0.4, -0.2) is 27.3 Å². The summed E-state index contributed by atoms with van der Waals surface area (Å²) in [5, 5.41) is 8.88. The third-order valence-electron chi connectivity index (χ3n) is 2.88. The lowest BCUT2D eigenvalue weighted by Crippen LogP contribution is -2.29. The highest BCUT2D eigenvalue weighted by atomic mass is 35.5. The van der Waals surface area contributed by atoms with Crippen molar-refractivity contribution in [1.82, 2.24) is 15.1 Å². The number of rotatable bonds is 8. The van der Waals surface area contributed by atoms with Gasteiger partial charge in [-0.25, -0.2) is 0 Å². The van der Waals surface area contributed by atoms with Gasteiger partial charge in [0.25, 0.3) is 0 Å². The van der Waals surface area contributed by atoms with E-state index in [1.165, 1.54) is 5.75 Å². The standard InChI is InChI=1S/C13H24ClN3S/c1-5-11-13(14)12(17(6-2)16-11)8-15-10(4)9-18-7-3/h10,15H,5-9H2,1-4H3. The van der Waals surface area contributed by atoms with E-state index >= 15 is 0 Å². The number of thioether (sulfide) groups is 1. The monoisotopic (exact) mass is 289 g/mol. The molecule has 0 radical (unpaired) electrons. The maximum Gasteiger partial charge on any atom is 0.0863 e.